The van der Waals surface area contributed by atoms with Gasteiger partial charge in [0.15, 0.2) is 5.69 Å². The van der Waals surface area contributed by atoms with E-state index < -0.39 is 16.0 Å². The second-order valence-electron chi connectivity index (χ2n) is 5.41. The van der Waals surface area contributed by atoms with Gasteiger partial charge in [-0.3, -0.25) is 9.10 Å². The van der Waals surface area contributed by atoms with Crippen LogP contribution in [0.3, 0.4) is 0 Å². The number of benzene rings is 1. The van der Waals surface area contributed by atoms with Gasteiger partial charge in [0.05, 0.1) is 18.0 Å². The molecule has 2 aromatic rings. The average molecular weight is 381 g/mol. The summed E-state index contributed by atoms with van der Waals surface area (Å²) in [6.45, 7) is 0.507. The van der Waals surface area contributed by atoms with Gasteiger partial charge >= 0.3 is 5.97 Å². The molecule has 0 radical (unpaired) electrons. The number of amides is 1. The van der Waals surface area contributed by atoms with Gasteiger partial charge in [0, 0.05) is 17.5 Å². The number of carboxylic acid groups (broad SMARTS) is 1. The summed E-state index contributed by atoms with van der Waals surface area (Å²) in [4.78, 5) is 27.0. The Hall–Kier alpha value is -2.46. The lowest BCUT2D eigenvalue weighted by atomic mass is 10.2. The summed E-state index contributed by atoms with van der Waals surface area (Å²) in [5.74, 6) is -1.39. The molecule has 10 heteroatoms. The lowest BCUT2D eigenvalue weighted by Crippen LogP contribution is -2.26. The third kappa shape index (κ3) is 3.80. The number of rotatable bonds is 5. The maximum atomic E-state index is 12.3. The quantitative estimate of drug-likeness (QED) is 0.807. The fourth-order valence-electron chi connectivity index (χ4n) is 2.48. The summed E-state index contributed by atoms with van der Waals surface area (Å²) in [6.07, 6.45) is 0.564. The summed E-state index contributed by atoms with van der Waals surface area (Å²) in [5.41, 5.74) is 0.734. The van der Waals surface area contributed by atoms with Crippen LogP contribution in [0.1, 0.15) is 32.3 Å². The minimum Gasteiger partial charge on any atom is -0.476 e. The highest BCUT2D eigenvalue weighted by atomic mass is 32.2. The summed E-state index contributed by atoms with van der Waals surface area (Å²) < 4.78 is 25.3. The van der Waals surface area contributed by atoms with Gasteiger partial charge in [-0.2, -0.15) is 0 Å². The highest BCUT2D eigenvalue weighted by Crippen LogP contribution is 2.24. The molecule has 0 bridgehead atoms. The molecule has 0 aliphatic carbocycles. The highest BCUT2D eigenvalue weighted by Gasteiger charge is 2.28. The van der Waals surface area contributed by atoms with Crippen molar-refractivity contribution in [3.8, 4) is 0 Å². The Morgan fingerprint density at radius 3 is 2.80 bits per heavy atom. The third-order valence-corrected chi connectivity index (χ3v) is 6.38. The maximum absolute atomic E-state index is 12.3. The first-order chi connectivity index (χ1) is 11.9. The molecule has 25 heavy (non-hydrogen) atoms. The van der Waals surface area contributed by atoms with E-state index in [-0.39, 0.29) is 23.9 Å². The number of aromatic nitrogens is 1. The van der Waals surface area contributed by atoms with Crippen molar-refractivity contribution in [3.05, 3.63) is 45.9 Å². The van der Waals surface area contributed by atoms with Crippen LogP contribution in [-0.4, -0.2) is 42.7 Å². The molecule has 1 amide bonds. The number of nitrogens with one attached hydrogen (secondary N) is 1. The molecule has 132 valence electrons. The second kappa shape index (κ2) is 6.81. The fraction of sp³-hybridized carbons (Fsp3) is 0.267. The number of hydrogen-bond acceptors (Lipinski definition) is 6. The SMILES string of the molecule is O=C(NCc1nc(C(=O)O)cs1)c1cccc(N2CCCS2(=O)=O)c1. The second-order valence-corrected chi connectivity index (χ2v) is 8.36. The largest absolute Gasteiger partial charge is 0.476 e. The molecule has 2 N–H and O–H groups in total. The van der Waals surface area contributed by atoms with Gasteiger partial charge in [-0.25, -0.2) is 18.2 Å². The zero-order valence-electron chi connectivity index (χ0n) is 13.0. The van der Waals surface area contributed by atoms with Gasteiger partial charge in [-0.05, 0) is 24.6 Å². The smallest absolute Gasteiger partial charge is 0.355 e. The van der Waals surface area contributed by atoms with Crippen molar-refractivity contribution in [1.29, 1.82) is 0 Å². The average Bonchev–Trinajstić information content (AvgIpc) is 3.19. The number of hydrogen-bond donors (Lipinski definition) is 2. The van der Waals surface area contributed by atoms with Gasteiger partial charge in [-0.15, -0.1) is 11.3 Å². The van der Waals surface area contributed by atoms with E-state index in [9.17, 15) is 18.0 Å². The minimum absolute atomic E-state index is 0.0597. The molecule has 1 aliphatic heterocycles. The van der Waals surface area contributed by atoms with E-state index in [0.717, 1.165) is 11.3 Å². The highest BCUT2D eigenvalue weighted by molar-refractivity contribution is 7.93. The van der Waals surface area contributed by atoms with Gasteiger partial charge in [-0.1, -0.05) is 6.07 Å². The summed E-state index contributed by atoms with van der Waals surface area (Å²) in [5, 5.41) is 13.4. The maximum Gasteiger partial charge on any atom is 0.355 e. The number of carboxylic acids is 1. The topological polar surface area (TPSA) is 117 Å². The molecule has 0 unspecified atom stereocenters. The van der Waals surface area contributed by atoms with Crippen molar-refractivity contribution in [2.45, 2.75) is 13.0 Å². The molecule has 1 aliphatic rings. The molecule has 0 saturated carbocycles. The first-order valence-corrected chi connectivity index (χ1v) is 9.92. The molecule has 1 fully saturated rings. The van der Waals surface area contributed by atoms with Gasteiger partial charge in [0.25, 0.3) is 5.91 Å². The van der Waals surface area contributed by atoms with E-state index >= 15 is 0 Å². The van der Waals surface area contributed by atoms with Gasteiger partial charge < -0.3 is 10.4 Å². The van der Waals surface area contributed by atoms with Crippen LogP contribution in [-0.2, 0) is 16.6 Å². The lowest BCUT2D eigenvalue weighted by Gasteiger charge is -2.17. The molecule has 8 nitrogen and oxygen atoms in total. The Labute approximate surface area is 148 Å². The summed E-state index contributed by atoms with van der Waals surface area (Å²) >= 11 is 1.14. The molecule has 1 aromatic carbocycles. The van der Waals surface area contributed by atoms with Gasteiger partial charge in [0.2, 0.25) is 10.0 Å². The molecule has 1 aromatic heterocycles. The van der Waals surface area contributed by atoms with Crippen LogP contribution in [0, 0.1) is 0 Å². The zero-order chi connectivity index (χ0) is 18.0. The van der Waals surface area contributed by atoms with E-state index in [2.05, 4.69) is 10.3 Å². The third-order valence-electron chi connectivity index (χ3n) is 3.67. The standard InChI is InChI=1S/C15H15N3O5S2/c19-14(16-8-13-17-12(9-24-13)15(20)21)10-3-1-4-11(7-10)18-5-2-6-25(18,22)23/h1,3-4,7,9H,2,5-6,8H2,(H,16,19)(H,20,21). The monoisotopic (exact) mass is 381 g/mol. The van der Waals surface area contributed by atoms with E-state index in [0.29, 0.717) is 29.2 Å². The van der Waals surface area contributed by atoms with Crippen molar-refractivity contribution >= 4 is 38.9 Å². The molecule has 3 rings (SSSR count). The number of carbonyl (C=O) groups excluding carboxylic acids is 1. The number of carbonyl (C=O) groups is 2. The number of aromatic carboxylic acids is 1. The Balaban J connectivity index is 1.70. The number of nitrogens with zero attached hydrogens (tertiary/aromatic N) is 2. The van der Waals surface area contributed by atoms with E-state index in [4.69, 9.17) is 5.11 Å². The lowest BCUT2D eigenvalue weighted by molar-refractivity contribution is 0.0691. The van der Waals surface area contributed by atoms with Crippen LogP contribution in [0.5, 0.6) is 0 Å². The molecule has 2 heterocycles. The Morgan fingerprint density at radius 1 is 1.36 bits per heavy atom. The summed E-state index contributed by atoms with van der Waals surface area (Å²) in [6, 6.07) is 6.40. The molecular weight excluding hydrogens is 366 g/mol. The zero-order valence-corrected chi connectivity index (χ0v) is 14.6. The predicted molar refractivity (Wildman–Crippen MR) is 92.4 cm³/mol. The van der Waals surface area contributed by atoms with E-state index in [1.807, 2.05) is 0 Å². The van der Waals surface area contributed by atoms with Crippen molar-refractivity contribution in [1.82, 2.24) is 10.3 Å². The minimum atomic E-state index is -3.31. The van der Waals surface area contributed by atoms with Crippen molar-refractivity contribution in [2.24, 2.45) is 0 Å². The number of sulfonamides is 1. The Bertz CT molecular complexity index is 923. The van der Waals surface area contributed by atoms with Crippen LogP contribution < -0.4 is 9.62 Å². The number of anilines is 1. The predicted octanol–water partition coefficient (Wildman–Crippen LogP) is 1.31. The first-order valence-electron chi connectivity index (χ1n) is 7.43. The molecule has 1 saturated heterocycles. The number of thiazole rings is 1. The fourth-order valence-corrected chi connectivity index (χ4v) is 4.74. The van der Waals surface area contributed by atoms with Crippen molar-refractivity contribution in [2.75, 3.05) is 16.6 Å². The van der Waals surface area contributed by atoms with Crippen molar-refractivity contribution < 1.29 is 23.1 Å². The normalized spacial score (nSPS) is 15.9. The Morgan fingerprint density at radius 2 is 2.16 bits per heavy atom. The summed E-state index contributed by atoms with van der Waals surface area (Å²) in [7, 11) is -3.31. The first kappa shape index (κ1) is 17.4. The molecule has 0 atom stereocenters. The molecule has 0 spiro atoms. The Kier molecular flexibility index (Phi) is 4.73. The van der Waals surface area contributed by atoms with Crippen LogP contribution >= 0.6 is 11.3 Å². The van der Waals surface area contributed by atoms with Gasteiger partial charge in [0.1, 0.15) is 5.01 Å². The van der Waals surface area contributed by atoms with Crippen molar-refractivity contribution in [3.63, 3.8) is 0 Å². The van der Waals surface area contributed by atoms with E-state index in [1.54, 1.807) is 18.2 Å². The van der Waals surface area contributed by atoms with Crippen LogP contribution in [0.4, 0.5) is 5.69 Å². The van der Waals surface area contributed by atoms with Crippen LogP contribution in [0.25, 0.3) is 0 Å². The molecular formula is C15H15N3O5S2. The van der Waals surface area contributed by atoms with Crippen LogP contribution in [0.2, 0.25) is 0 Å². The van der Waals surface area contributed by atoms with Crippen LogP contribution in [0.15, 0.2) is 29.6 Å². The van der Waals surface area contributed by atoms with E-state index in [1.165, 1.54) is 15.8 Å².